The van der Waals surface area contributed by atoms with E-state index in [1.54, 1.807) is 11.8 Å². The van der Waals surface area contributed by atoms with Crippen LogP contribution in [0.25, 0.3) is 0 Å². The summed E-state index contributed by atoms with van der Waals surface area (Å²) < 4.78 is 14.1. The molecule has 2 saturated heterocycles. The van der Waals surface area contributed by atoms with Gasteiger partial charge in [0.25, 0.3) is 0 Å². The first kappa shape index (κ1) is 20.5. The van der Waals surface area contributed by atoms with Crippen molar-refractivity contribution in [2.75, 3.05) is 37.0 Å². The van der Waals surface area contributed by atoms with Gasteiger partial charge >= 0.3 is 0 Å². The summed E-state index contributed by atoms with van der Waals surface area (Å²) in [5.74, 6) is 2.97. The molecule has 2 fully saturated rings. The van der Waals surface area contributed by atoms with E-state index in [2.05, 4.69) is 32.7 Å². The molecule has 2 aliphatic heterocycles. The molecule has 6 nitrogen and oxygen atoms in total. The quantitative estimate of drug-likeness (QED) is 0.448. The highest BCUT2D eigenvalue weighted by Crippen LogP contribution is 2.27. The van der Waals surface area contributed by atoms with Crippen LogP contribution in [0.15, 0.2) is 29.4 Å². The van der Waals surface area contributed by atoms with Crippen LogP contribution in [0, 0.1) is 6.92 Å². The van der Waals surface area contributed by atoms with Gasteiger partial charge in [0.2, 0.25) is 5.95 Å². The topological polar surface area (TPSA) is 52.4 Å². The zero-order valence-electron chi connectivity index (χ0n) is 17.4. The number of hydrogen-bond donors (Lipinski definition) is 0. The van der Waals surface area contributed by atoms with Gasteiger partial charge in [0.15, 0.2) is 5.16 Å². The highest BCUT2D eigenvalue weighted by Gasteiger charge is 2.24. The minimum Gasteiger partial charge on any atom is -0.493 e. The summed E-state index contributed by atoms with van der Waals surface area (Å²) in [6.45, 7) is 6.71. The predicted octanol–water partition coefficient (Wildman–Crippen LogP) is 4.32. The molecular formula is C22H32N4O2S. The van der Waals surface area contributed by atoms with E-state index in [0.29, 0.717) is 6.10 Å². The standard InChI is InChI=1S/C22H32N4O2S/c1-18-9-3-4-11-20(18)28-15-8-16-29-22-24-23-21(25-12-5-2-6-13-25)26(22)17-19-10-7-14-27-19/h3-4,9,11,19H,2,5-8,10,12-17H2,1H3. The van der Waals surface area contributed by atoms with Crippen molar-refractivity contribution < 1.29 is 9.47 Å². The lowest BCUT2D eigenvalue weighted by Gasteiger charge is -2.28. The van der Waals surface area contributed by atoms with Crippen LogP contribution < -0.4 is 9.64 Å². The molecule has 0 bridgehead atoms. The number of nitrogens with zero attached hydrogens (tertiary/aromatic N) is 4. The van der Waals surface area contributed by atoms with Crippen molar-refractivity contribution in [3.05, 3.63) is 29.8 Å². The zero-order chi connectivity index (χ0) is 19.9. The number of thioether (sulfide) groups is 1. The Bertz CT molecular complexity index is 770. The van der Waals surface area contributed by atoms with E-state index < -0.39 is 0 Å². The summed E-state index contributed by atoms with van der Waals surface area (Å²) in [4.78, 5) is 2.40. The summed E-state index contributed by atoms with van der Waals surface area (Å²) in [5, 5.41) is 10.1. The van der Waals surface area contributed by atoms with Gasteiger partial charge < -0.3 is 14.4 Å². The highest BCUT2D eigenvalue weighted by atomic mass is 32.2. The Labute approximate surface area is 178 Å². The molecular weight excluding hydrogens is 384 g/mol. The molecule has 0 radical (unpaired) electrons. The fourth-order valence-electron chi connectivity index (χ4n) is 3.99. The molecule has 7 heteroatoms. The fraction of sp³-hybridized carbons (Fsp3) is 0.636. The van der Waals surface area contributed by atoms with E-state index in [1.807, 2.05) is 18.2 Å². The molecule has 1 unspecified atom stereocenters. The van der Waals surface area contributed by atoms with Gasteiger partial charge in [-0.2, -0.15) is 0 Å². The monoisotopic (exact) mass is 416 g/mol. The lowest BCUT2D eigenvalue weighted by Crippen LogP contribution is -2.33. The van der Waals surface area contributed by atoms with Crippen LogP contribution in [0.3, 0.4) is 0 Å². The summed E-state index contributed by atoms with van der Waals surface area (Å²) in [7, 11) is 0. The maximum absolute atomic E-state index is 5.93. The average molecular weight is 417 g/mol. The van der Waals surface area contributed by atoms with Gasteiger partial charge in [0.1, 0.15) is 5.75 Å². The summed E-state index contributed by atoms with van der Waals surface area (Å²) in [6, 6.07) is 8.18. The second-order valence-corrected chi connectivity index (χ2v) is 8.95. The third-order valence-electron chi connectivity index (χ3n) is 5.62. The Hall–Kier alpha value is -1.73. The molecule has 1 aromatic heterocycles. The van der Waals surface area contributed by atoms with E-state index >= 15 is 0 Å². The molecule has 1 atom stereocenters. The number of rotatable bonds is 9. The van der Waals surface area contributed by atoms with Crippen LogP contribution in [-0.4, -0.2) is 52.9 Å². The molecule has 0 aliphatic carbocycles. The SMILES string of the molecule is Cc1ccccc1OCCCSc1nnc(N2CCCCC2)n1CC1CCCO1. The first-order valence-electron chi connectivity index (χ1n) is 10.9. The van der Waals surface area contributed by atoms with Gasteiger partial charge in [-0.1, -0.05) is 30.0 Å². The third-order valence-corrected chi connectivity index (χ3v) is 6.67. The minimum absolute atomic E-state index is 0.290. The number of hydrogen-bond acceptors (Lipinski definition) is 6. The summed E-state index contributed by atoms with van der Waals surface area (Å²) >= 11 is 1.78. The second-order valence-electron chi connectivity index (χ2n) is 7.89. The molecule has 158 valence electrons. The zero-order valence-corrected chi connectivity index (χ0v) is 18.2. The molecule has 1 aromatic carbocycles. The number of aryl methyl sites for hydroxylation is 1. The smallest absolute Gasteiger partial charge is 0.228 e. The first-order chi connectivity index (χ1) is 14.3. The van der Waals surface area contributed by atoms with Gasteiger partial charge in [0, 0.05) is 25.4 Å². The van der Waals surface area contributed by atoms with Crippen molar-refractivity contribution in [1.29, 1.82) is 0 Å². The predicted molar refractivity (Wildman–Crippen MR) is 117 cm³/mol. The second kappa shape index (κ2) is 10.3. The molecule has 29 heavy (non-hydrogen) atoms. The summed E-state index contributed by atoms with van der Waals surface area (Å²) in [6.07, 6.45) is 7.36. The van der Waals surface area contributed by atoms with E-state index in [-0.39, 0.29) is 0 Å². The van der Waals surface area contributed by atoms with Gasteiger partial charge in [0.05, 0.1) is 19.3 Å². The number of para-hydroxylation sites is 1. The van der Waals surface area contributed by atoms with Gasteiger partial charge in [-0.05, 0) is 57.1 Å². The van der Waals surface area contributed by atoms with Crippen LogP contribution in [0.4, 0.5) is 5.95 Å². The normalized spacial score (nSPS) is 19.6. The van der Waals surface area contributed by atoms with E-state index in [1.165, 1.54) is 24.8 Å². The Balaban J connectivity index is 1.34. The van der Waals surface area contributed by atoms with E-state index in [9.17, 15) is 0 Å². The molecule has 4 rings (SSSR count). The Morgan fingerprint density at radius 3 is 2.79 bits per heavy atom. The van der Waals surface area contributed by atoms with E-state index in [4.69, 9.17) is 9.47 Å². The largest absolute Gasteiger partial charge is 0.493 e. The number of benzene rings is 1. The van der Waals surface area contributed by atoms with Crippen LogP contribution in [0.5, 0.6) is 5.75 Å². The van der Waals surface area contributed by atoms with Crippen molar-refractivity contribution in [2.45, 2.75) is 63.3 Å². The van der Waals surface area contributed by atoms with Crippen LogP contribution >= 0.6 is 11.8 Å². The van der Waals surface area contributed by atoms with E-state index in [0.717, 1.165) is 74.7 Å². The maximum Gasteiger partial charge on any atom is 0.228 e. The minimum atomic E-state index is 0.290. The van der Waals surface area contributed by atoms with Crippen LogP contribution in [-0.2, 0) is 11.3 Å². The number of ether oxygens (including phenoxy) is 2. The molecule has 0 spiro atoms. The fourth-order valence-corrected chi connectivity index (χ4v) is 4.85. The van der Waals surface area contributed by atoms with Gasteiger partial charge in [-0.25, -0.2) is 0 Å². The van der Waals surface area contributed by atoms with Crippen molar-refractivity contribution in [3.63, 3.8) is 0 Å². The molecule has 0 N–H and O–H groups in total. The van der Waals surface area contributed by atoms with Crippen molar-refractivity contribution in [2.24, 2.45) is 0 Å². The Morgan fingerprint density at radius 2 is 2.00 bits per heavy atom. The van der Waals surface area contributed by atoms with Gasteiger partial charge in [-0.3, -0.25) is 4.57 Å². The van der Waals surface area contributed by atoms with Crippen LogP contribution in [0.2, 0.25) is 0 Å². The lowest BCUT2D eigenvalue weighted by molar-refractivity contribution is 0.0951. The van der Waals surface area contributed by atoms with Crippen molar-refractivity contribution in [3.8, 4) is 5.75 Å². The summed E-state index contributed by atoms with van der Waals surface area (Å²) in [5.41, 5.74) is 1.18. The molecule has 0 saturated carbocycles. The number of aromatic nitrogens is 3. The molecule has 0 amide bonds. The Morgan fingerprint density at radius 1 is 1.14 bits per heavy atom. The number of piperidine rings is 1. The van der Waals surface area contributed by atoms with Crippen molar-refractivity contribution >= 4 is 17.7 Å². The van der Waals surface area contributed by atoms with Crippen molar-refractivity contribution in [1.82, 2.24) is 14.8 Å². The lowest BCUT2D eigenvalue weighted by atomic mass is 10.1. The average Bonchev–Trinajstić information content (AvgIpc) is 3.40. The van der Waals surface area contributed by atoms with Crippen LogP contribution in [0.1, 0.15) is 44.1 Å². The molecule has 2 aromatic rings. The van der Waals surface area contributed by atoms with Gasteiger partial charge in [-0.15, -0.1) is 10.2 Å². The number of anilines is 1. The third kappa shape index (κ3) is 5.45. The highest BCUT2D eigenvalue weighted by molar-refractivity contribution is 7.99. The molecule has 3 heterocycles. The Kier molecular flexibility index (Phi) is 7.33. The molecule has 2 aliphatic rings. The first-order valence-corrected chi connectivity index (χ1v) is 11.9. The maximum atomic E-state index is 5.93.